The zero-order valence-corrected chi connectivity index (χ0v) is 7.59. The molecule has 0 aliphatic rings. The monoisotopic (exact) mass is 210 g/mol. The van der Waals surface area contributed by atoms with Crippen LogP contribution in [0.3, 0.4) is 0 Å². The molecule has 0 fully saturated rings. The molecular formula is C7H9F3N2O2. The Balaban J connectivity index is 3.31. The lowest BCUT2D eigenvalue weighted by Crippen LogP contribution is -2.09. The first-order valence-corrected chi connectivity index (χ1v) is 3.69. The van der Waals surface area contributed by atoms with Crippen molar-refractivity contribution < 1.29 is 23.0 Å². The molecule has 80 valence electrons. The Kier molecular flexibility index (Phi) is 2.70. The van der Waals surface area contributed by atoms with Gasteiger partial charge in [0.15, 0.2) is 5.69 Å². The summed E-state index contributed by atoms with van der Waals surface area (Å²) in [4.78, 5) is 0. The van der Waals surface area contributed by atoms with Gasteiger partial charge in [0, 0.05) is 7.05 Å². The number of hydrogen-bond acceptors (Lipinski definition) is 3. The molecule has 1 aromatic rings. The van der Waals surface area contributed by atoms with Gasteiger partial charge in [0.1, 0.15) is 0 Å². The van der Waals surface area contributed by atoms with Crippen molar-refractivity contribution >= 4 is 0 Å². The minimum absolute atomic E-state index is 0.0835. The van der Waals surface area contributed by atoms with Crippen LogP contribution in [0.4, 0.5) is 13.2 Å². The lowest BCUT2D eigenvalue weighted by atomic mass is 10.2. The van der Waals surface area contributed by atoms with Gasteiger partial charge in [0.05, 0.1) is 19.3 Å². The van der Waals surface area contributed by atoms with Crippen molar-refractivity contribution in [1.82, 2.24) is 9.78 Å². The van der Waals surface area contributed by atoms with E-state index in [4.69, 9.17) is 5.11 Å². The fourth-order valence-electron chi connectivity index (χ4n) is 1.18. The molecular weight excluding hydrogens is 201 g/mol. The third kappa shape index (κ3) is 1.67. The minimum Gasteiger partial charge on any atom is -0.481 e. The van der Waals surface area contributed by atoms with Crippen LogP contribution < -0.4 is 4.74 Å². The Hall–Kier alpha value is -1.24. The summed E-state index contributed by atoms with van der Waals surface area (Å²) >= 11 is 0. The summed E-state index contributed by atoms with van der Waals surface area (Å²) in [7, 11) is 2.53. The van der Waals surface area contributed by atoms with Crippen LogP contribution in [0.1, 0.15) is 11.3 Å². The van der Waals surface area contributed by atoms with Crippen LogP contribution in [0.15, 0.2) is 0 Å². The molecule has 0 bridgehead atoms. The highest BCUT2D eigenvalue weighted by molar-refractivity contribution is 5.32. The van der Waals surface area contributed by atoms with Gasteiger partial charge in [-0.15, -0.1) is 0 Å². The second kappa shape index (κ2) is 3.49. The molecule has 1 rings (SSSR count). The number of aliphatic hydroxyl groups is 1. The van der Waals surface area contributed by atoms with Gasteiger partial charge in [-0.3, -0.25) is 0 Å². The summed E-state index contributed by atoms with van der Waals surface area (Å²) in [5.41, 5.74) is -1.46. The van der Waals surface area contributed by atoms with Crippen LogP contribution in [-0.2, 0) is 19.8 Å². The highest BCUT2D eigenvalue weighted by atomic mass is 19.4. The fourth-order valence-corrected chi connectivity index (χ4v) is 1.18. The summed E-state index contributed by atoms with van der Waals surface area (Å²) in [6, 6.07) is 0. The van der Waals surface area contributed by atoms with Crippen molar-refractivity contribution in [1.29, 1.82) is 0 Å². The zero-order chi connectivity index (χ0) is 10.9. The van der Waals surface area contributed by atoms with Crippen molar-refractivity contribution in [3.63, 3.8) is 0 Å². The smallest absolute Gasteiger partial charge is 0.435 e. The average Bonchev–Trinajstić information content (AvgIpc) is 2.40. The number of nitrogens with zero attached hydrogens (tertiary/aromatic N) is 2. The van der Waals surface area contributed by atoms with Crippen molar-refractivity contribution in [2.75, 3.05) is 7.11 Å². The quantitative estimate of drug-likeness (QED) is 0.790. The normalized spacial score (nSPS) is 11.9. The Morgan fingerprint density at radius 3 is 2.43 bits per heavy atom. The van der Waals surface area contributed by atoms with Gasteiger partial charge >= 0.3 is 6.18 Å². The Morgan fingerprint density at radius 2 is 2.07 bits per heavy atom. The molecule has 0 saturated carbocycles. The molecule has 1 heterocycles. The van der Waals surface area contributed by atoms with E-state index in [1.54, 1.807) is 0 Å². The Labute approximate surface area is 77.9 Å². The van der Waals surface area contributed by atoms with Gasteiger partial charge in [-0.05, 0) is 0 Å². The summed E-state index contributed by atoms with van der Waals surface area (Å²) in [5.74, 6) is -0.0835. The average molecular weight is 210 g/mol. The molecule has 0 unspecified atom stereocenters. The SMILES string of the molecule is COc1c(CO)c(C(F)(F)F)nn1C. The van der Waals surface area contributed by atoms with E-state index in [1.807, 2.05) is 0 Å². The van der Waals surface area contributed by atoms with Crippen molar-refractivity contribution in [2.45, 2.75) is 12.8 Å². The molecule has 0 atom stereocenters. The van der Waals surface area contributed by atoms with Crippen LogP contribution >= 0.6 is 0 Å². The van der Waals surface area contributed by atoms with E-state index < -0.39 is 18.5 Å². The zero-order valence-electron chi connectivity index (χ0n) is 7.59. The van der Waals surface area contributed by atoms with Crippen LogP contribution in [-0.4, -0.2) is 22.0 Å². The number of hydrogen-bond donors (Lipinski definition) is 1. The number of methoxy groups -OCH3 is 1. The first-order chi connectivity index (χ1) is 6.41. The fraction of sp³-hybridized carbons (Fsp3) is 0.571. The molecule has 4 nitrogen and oxygen atoms in total. The number of aromatic nitrogens is 2. The van der Waals surface area contributed by atoms with Crippen LogP contribution in [0.2, 0.25) is 0 Å². The molecule has 1 N–H and O–H groups in total. The molecule has 7 heteroatoms. The molecule has 14 heavy (non-hydrogen) atoms. The largest absolute Gasteiger partial charge is 0.481 e. The van der Waals surface area contributed by atoms with Gasteiger partial charge in [0.25, 0.3) is 0 Å². The lowest BCUT2D eigenvalue weighted by Gasteiger charge is -2.04. The van der Waals surface area contributed by atoms with E-state index in [2.05, 4.69) is 9.84 Å². The van der Waals surface area contributed by atoms with Gasteiger partial charge in [-0.25, -0.2) is 4.68 Å². The maximum Gasteiger partial charge on any atom is 0.435 e. The molecule has 0 saturated heterocycles. The predicted octanol–water partition coefficient (Wildman–Crippen LogP) is 0.940. The molecule has 0 amide bonds. The van der Waals surface area contributed by atoms with Gasteiger partial charge in [-0.1, -0.05) is 0 Å². The maximum absolute atomic E-state index is 12.3. The lowest BCUT2D eigenvalue weighted by molar-refractivity contribution is -0.142. The van der Waals surface area contributed by atoms with Gasteiger partial charge < -0.3 is 9.84 Å². The second-order valence-corrected chi connectivity index (χ2v) is 2.62. The Morgan fingerprint density at radius 1 is 1.50 bits per heavy atom. The van der Waals surface area contributed by atoms with Crippen LogP contribution in [0.5, 0.6) is 5.88 Å². The van der Waals surface area contributed by atoms with Crippen molar-refractivity contribution in [3.8, 4) is 5.88 Å². The molecule has 0 radical (unpaired) electrons. The number of aryl methyl sites for hydroxylation is 1. The number of halogens is 3. The highest BCUT2D eigenvalue weighted by Gasteiger charge is 2.39. The summed E-state index contributed by atoms with van der Waals surface area (Å²) in [6.07, 6.45) is -4.58. The van der Waals surface area contributed by atoms with E-state index in [1.165, 1.54) is 14.2 Å². The summed E-state index contributed by atoms with van der Waals surface area (Å²) < 4.78 is 42.6. The molecule has 0 aliphatic heterocycles. The molecule has 1 aromatic heterocycles. The van der Waals surface area contributed by atoms with E-state index in [9.17, 15) is 13.2 Å². The Bertz CT molecular complexity index is 332. The molecule has 0 spiro atoms. The first-order valence-electron chi connectivity index (χ1n) is 3.69. The number of rotatable bonds is 2. The standard InChI is InChI=1S/C7H9F3N2O2/c1-12-6(14-2)4(3-13)5(11-12)7(8,9)10/h13H,3H2,1-2H3. The van der Waals surface area contributed by atoms with Crippen molar-refractivity contribution in [3.05, 3.63) is 11.3 Å². The number of alkyl halides is 3. The van der Waals surface area contributed by atoms with Gasteiger partial charge in [-0.2, -0.15) is 18.3 Å². The van der Waals surface area contributed by atoms with Crippen LogP contribution in [0, 0.1) is 0 Å². The first kappa shape index (κ1) is 10.8. The predicted molar refractivity (Wildman–Crippen MR) is 40.7 cm³/mol. The number of ether oxygens (including phenoxy) is 1. The summed E-state index contributed by atoms with van der Waals surface area (Å²) in [5, 5.41) is 12.0. The maximum atomic E-state index is 12.3. The molecule has 0 aromatic carbocycles. The summed E-state index contributed by atoms with van der Waals surface area (Å²) in [6.45, 7) is -0.758. The third-order valence-electron chi connectivity index (χ3n) is 1.71. The van der Waals surface area contributed by atoms with E-state index in [0.29, 0.717) is 0 Å². The second-order valence-electron chi connectivity index (χ2n) is 2.62. The van der Waals surface area contributed by atoms with Crippen molar-refractivity contribution in [2.24, 2.45) is 7.05 Å². The highest BCUT2D eigenvalue weighted by Crippen LogP contribution is 2.34. The third-order valence-corrected chi connectivity index (χ3v) is 1.71. The van der Waals surface area contributed by atoms with E-state index >= 15 is 0 Å². The van der Waals surface area contributed by atoms with E-state index in [-0.39, 0.29) is 11.4 Å². The molecule has 0 aliphatic carbocycles. The minimum atomic E-state index is -4.58. The van der Waals surface area contributed by atoms with Crippen LogP contribution in [0.25, 0.3) is 0 Å². The topological polar surface area (TPSA) is 47.3 Å². The van der Waals surface area contributed by atoms with E-state index in [0.717, 1.165) is 4.68 Å². The van der Waals surface area contributed by atoms with Gasteiger partial charge in [0.2, 0.25) is 5.88 Å². The number of aliphatic hydroxyl groups excluding tert-OH is 1.